The number of rotatable bonds is 1. The molecule has 0 fully saturated rings. The van der Waals surface area contributed by atoms with Gasteiger partial charge in [-0.3, -0.25) is 0 Å². The highest BCUT2D eigenvalue weighted by atomic mass is 19.1. The van der Waals surface area contributed by atoms with E-state index in [0.717, 1.165) is 30.9 Å². The van der Waals surface area contributed by atoms with Gasteiger partial charge in [-0.2, -0.15) is 0 Å². The molecule has 0 aromatic heterocycles. The number of benzene rings is 1. The Bertz CT molecular complexity index is 388. The van der Waals surface area contributed by atoms with Crippen LogP contribution in [0.25, 0.3) is 0 Å². The van der Waals surface area contributed by atoms with Crippen LogP contribution in [0.3, 0.4) is 0 Å². The zero-order chi connectivity index (χ0) is 11.0. The van der Waals surface area contributed by atoms with Crippen molar-refractivity contribution in [2.75, 3.05) is 7.05 Å². The number of halogens is 2. The Morgan fingerprint density at radius 3 is 2.73 bits per heavy atom. The van der Waals surface area contributed by atoms with E-state index >= 15 is 0 Å². The number of nitrogens with one attached hydrogen (secondary N) is 1. The Labute approximate surface area is 88.5 Å². The van der Waals surface area contributed by atoms with Gasteiger partial charge < -0.3 is 5.32 Å². The summed E-state index contributed by atoms with van der Waals surface area (Å²) in [5.41, 5.74) is 2.12. The number of fused-ring (bicyclic) bond motifs is 1. The molecule has 0 spiro atoms. The minimum absolute atomic E-state index is 0.0962. The molecule has 1 unspecified atom stereocenters. The third-order valence-electron chi connectivity index (χ3n) is 3.25. The summed E-state index contributed by atoms with van der Waals surface area (Å²) in [6, 6.07) is 1.10. The maximum absolute atomic E-state index is 13.6. The smallest absolute Gasteiger partial charge is 0.129 e. The van der Waals surface area contributed by atoms with Crippen molar-refractivity contribution in [3.05, 3.63) is 34.4 Å². The molecule has 1 N–H and O–H groups in total. The van der Waals surface area contributed by atoms with Crippen LogP contribution in [0.5, 0.6) is 0 Å². The molecule has 0 radical (unpaired) electrons. The summed E-state index contributed by atoms with van der Waals surface area (Å²) in [4.78, 5) is 0. The number of hydrogen-bond acceptors (Lipinski definition) is 1. The first-order valence-electron chi connectivity index (χ1n) is 5.29. The minimum atomic E-state index is -0.437. The Morgan fingerprint density at radius 2 is 2.07 bits per heavy atom. The van der Waals surface area contributed by atoms with Gasteiger partial charge in [0.25, 0.3) is 0 Å². The quantitative estimate of drug-likeness (QED) is 0.753. The van der Waals surface area contributed by atoms with Crippen molar-refractivity contribution in [2.24, 2.45) is 0 Å². The Balaban J connectivity index is 2.62. The van der Waals surface area contributed by atoms with Gasteiger partial charge in [0.2, 0.25) is 0 Å². The third kappa shape index (κ3) is 1.65. The maximum atomic E-state index is 13.6. The largest absolute Gasteiger partial charge is 0.313 e. The van der Waals surface area contributed by atoms with Gasteiger partial charge in [-0.15, -0.1) is 0 Å². The fourth-order valence-electron chi connectivity index (χ4n) is 2.43. The summed E-state index contributed by atoms with van der Waals surface area (Å²) in [6.45, 7) is 1.73. The van der Waals surface area contributed by atoms with E-state index in [2.05, 4.69) is 5.32 Å². The number of hydrogen-bond donors (Lipinski definition) is 1. The molecular weight excluding hydrogens is 196 g/mol. The normalized spacial score (nSPS) is 20.1. The first-order chi connectivity index (χ1) is 7.15. The van der Waals surface area contributed by atoms with Gasteiger partial charge in [0.05, 0.1) is 0 Å². The van der Waals surface area contributed by atoms with E-state index in [4.69, 9.17) is 0 Å². The molecule has 1 atom stereocenters. The second-order valence-corrected chi connectivity index (χ2v) is 4.09. The monoisotopic (exact) mass is 211 g/mol. The van der Waals surface area contributed by atoms with Crippen LogP contribution in [0.1, 0.15) is 35.6 Å². The molecule has 0 saturated carbocycles. The van der Waals surface area contributed by atoms with Crippen LogP contribution in [-0.4, -0.2) is 7.05 Å². The lowest BCUT2D eigenvalue weighted by molar-refractivity contribution is 0.466. The van der Waals surface area contributed by atoms with E-state index < -0.39 is 11.6 Å². The average Bonchev–Trinajstić information content (AvgIpc) is 2.25. The standard InChI is InChI=1S/C12H15F2N/c1-7-9(13)6-10(14)8-4-3-5-11(15-2)12(7)8/h6,11,15H,3-5H2,1-2H3. The molecule has 2 rings (SSSR count). The second kappa shape index (κ2) is 3.89. The minimum Gasteiger partial charge on any atom is -0.313 e. The van der Waals surface area contributed by atoms with Crippen molar-refractivity contribution >= 4 is 0 Å². The zero-order valence-electron chi connectivity index (χ0n) is 9.03. The van der Waals surface area contributed by atoms with Crippen molar-refractivity contribution in [3.63, 3.8) is 0 Å². The first kappa shape index (κ1) is 10.6. The fourth-order valence-corrected chi connectivity index (χ4v) is 2.43. The van der Waals surface area contributed by atoms with Crippen LogP contribution in [-0.2, 0) is 6.42 Å². The van der Waals surface area contributed by atoms with Crippen molar-refractivity contribution in [3.8, 4) is 0 Å². The predicted molar refractivity (Wildman–Crippen MR) is 55.8 cm³/mol. The summed E-state index contributed by atoms with van der Waals surface area (Å²) in [6.07, 6.45) is 2.63. The topological polar surface area (TPSA) is 12.0 Å². The van der Waals surface area contributed by atoms with Gasteiger partial charge in [0, 0.05) is 12.1 Å². The van der Waals surface area contributed by atoms with E-state index in [1.165, 1.54) is 0 Å². The predicted octanol–water partition coefficient (Wildman–Crippen LogP) is 2.87. The summed E-state index contributed by atoms with van der Waals surface area (Å²) >= 11 is 0. The molecular formula is C12H15F2N. The lowest BCUT2D eigenvalue weighted by atomic mass is 9.84. The van der Waals surface area contributed by atoms with Crippen molar-refractivity contribution in [2.45, 2.75) is 32.2 Å². The van der Waals surface area contributed by atoms with Crippen LogP contribution in [0.15, 0.2) is 6.07 Å². The van der Waals surface area contributed by atoms with Crippen LogP contribution in [0.4, 0.5) is 8.78 Å². The van der Waals surface area contributed by atoms with E-state index in [9.17, 15) is 8.78 Å². The van der Waals surface area contributed by atoms with E-state index in [1.54, 1.807) is 6.92 Å². The van der Waals surface area contributed by atoms with Gasteiger partial charge in [-0.25, -0.2) is 8.78 Å². The van der Waals surface area contributed by atoms with E-state index in [1.807, 2.05) is 7.05 Å². The van der Waals surface area contributed by atoms with Gasteiger partial charge in [-0.1, -0.05) is 0 Å². The molecule has 0 aliphatic heterocycles. The Kier molecular flexibility index (Phi) is 2.74. The van der Waals surface area contributed by atoms with E-state index in [-0.39, 0.29) is 6.04 Å². The highest BCUT2D eigenvalue weighted by molar-refractivity contribution is 5.40. The van der Waals surface area contributed by atoms with Crippen molar-refractivity contribution < 1.29 is 8.78 Å². The van der Waals surface area contributed by atoms with Crippen LogP contribution in [0, 0.1) is 18.6 Å². The molecule has 15 heavy (non-hydrogen) atoms. The summed E-state index contributed by atoms with van der Waals surface area (Å²) < 4.78 is 27.0. The second-order valence-electron chi connectivity index (χ2n) is 4.09. The van der Waals surface area contributed by atoms with Crippen molar-refractivity contribution in [1.29, 1.82) is 0 Å². The molecule has 0 heterocycles. The van der Waals surface area contributed by atoms with Gasteiger partial charge >= 0.3 is 0 Å². The van der Waals surface area contributed by atoms with Crippen LogP contribution >= 0.6 is 0 Å². The maximum Gasteiger partial charge on any atom is 0.129 e. The highest BCUT2D eigenvalue weighted by Crippen LogP contribution is 2.34. The van der Waals surface area contributed by atoms with Crippen molar-refractivity contribution in [1.82, 2.24) is 5.32 Å². The first-order valence-corrected chi connectivity index (χ1v) is 5.29. The highest BCUT2D eigenvalue weighted by Gasteiger charge is 2.25. The summed E-state index contributed by atoms with van der Waals surface area (Å²) in [5, 5.41) is 3.12. The fraction of sp³-hybridized carbons (Fsp3) is 0.500. The molecule has 1 aromatic carbocycles. The van der Waals surface area contributed by atoms with E-state index in [0.29, 0.717) is 11.1 Å². The van der Waals surface area contributed by atoms with Gasteiger partial charge in [0.1, 0.15) is 11.6 Å². The molecule has 1 aromatic rings. The molecule has 0 saturated heterocycles. The lowest BCUT2D eigenvalue weighted by Crippen LogP contribution is -2.24. The zero-order valence-corrected chi connectivity index (χ0v) is 9.03. The SMILES string of the molecule is CNC1CCCc2c(F)cc(F)c(C)c21. The molecule has 0 bridgehead atoms. The molecule has 0 amide bonds. The van der Waals surface area contributed by atoms with Gasteiger partial charge in [0.15, 0.2) is 0 Å². The lowest BCUT2D eigenvalue weighted by Gasteiger charge is -2.27. The average molecular weight is 211 g/mol. The van der Waals surface area contributed by atoms with Crippen LogP contribution in [0.2, 0.25) is 0 Å². The Morgan fingerprint density at radius 1 is 1.33 bits per heavy atom. The molecule has 1 nitrogen and oxygen atoms in total. The van der Waals surface area contributed by atoms with Gasteiger partial charge in [-0.05, 0) is 49.9 Å². The molecule has 1 aliphatic rings. The molecule has 1 aliphatic carbocycles. The Hall–Kier alpha value is -0.960. The third-order valence-corrected chi connectivity index (χ3v) is 3.25. The summed E-state index contributed by atoms with van der Waals surface area (Å²) in [5.74, 6) is -0.832. The molecule has 3 heteroatoms. The molecule has 82 valence electrons. The summed E-state index contributed by atoms with van der Waals surface area (Å²) in [7, 11) is 1.84. The van der Waals surface area contributed by atoms with Crippen LogP contribution < -0.4 is 5.32 Å².